The Labute approximate surface area is 187 Å². The summed E-state index contributed by atoms with van der Waals surface area (Å²) in [6.07, 6.45) is 4.17. The molecule has 4 aromatic rings. The van der Waals surface area contributed by atoms with Crippen molar-refractivity contribution in [2.75, 3.05) is 0 Å². The molecular formula is C22H20FN5O5. The van der Waals surface area contributed by atoms with E-state index in [1.807, 2.05) is 0 Å². The summed E-state index contributed by atoms with van der Waals surface area (Å²) in [5, 5.41) is 19.2. The third-order valence-corrected chi connectivity index (χ3v) is 4.70. The van der Waals surface area contributed by atoms with Crippen LogP contribution < -0.4 is 4.74 Å². The fourth-order valence-corrected chi connectivity index (χ4v) is 3.21. The Morgan fingerprint density at radius 3 is 2.58 bits per heavy atom. The monoisotopic (exact) mass is 453 g/mol. The Morgan fingerprint density at radius 2 is 1.91 bits per heavy atom. The lowest BCUT2D eigenvalue weighted by atomic mass is 10.1. The van der Waals surface area contributed by atoms with Crippen molar-refractivity contribution in [1.82, 2.24) is 19.4 Å². The molecule has 33 heavy (non-hydrogen) atoms. The van der Waals surface area contributed by atoms with Gasteiger partial charge in [0.15, 0.2) is 17.3 Å². The zero-order chi connectivity index (χ0) is 23.9. The number of ether oxygens (including phenoxy) is 2. The van der Waals surface area contributed by atoms with Gasteiger partial charge in [0.1, 0.15) is 11.1 Å². The van der Waals surface area contributed by atoms with E-state index in [1.54, 1.807) is 52.2 Å². The first-order chi connectivity index (χ1) is 15.5. The van der Waals surface area contributed by atoms with Gasteiger partial charge in [0.25, 0.3) is 5.69 Å². The number of pyridine rings is 1. The molecule has 4 rings (SSSR count). The van der Waals surface area contributed by atoms with Crippen LogP contribution in [-0.2, 0) is 4.74 Å². The Bertz CT molecular complexity index is 1390. The molecule has 3 aromatic heterocycles. The van der Waals surface area contributed by atoms with E-state index in [2.05, 4.69) is 10.2 Å². The van der Waals surface area contributed by atoms with Crippen molar-refractivity contribution in [1.29, 1.82) is 0 Å². The van der Waals surface area contributed by atoms with Crippen molar-refractivity contribution >= 4 is 17.3 Å². The van der Waals surface area contributed by atoms with Gasteiger partial charge in [0, 0.05) is 23.4 Å². The van der Waals surface area contributed by atoms with Crippen molar-refractivity contribution in [3.05, 3.63) is 70.5 Å². The third-order valence-electron chi connectivity index (χ3n) is 4.70. The normalized spacial score (nSPS) is 11.5. The number of benzene rings is 1. The van der Waals surface area contributed by atoms with Gasteiger partial charge >= 0.3 is 6.09 Å². The molecular weight excluding hydrogens is 433 g/mol. The number of fused-ring (bicyclic) bond motifs is 1. The zero-order valence-electron chi connectivity index (χ0n) is 18.3. The first-order valence-electron chi connectivity index (χ1n) is 9.91. The van der Waals surface area contributed by atoms with Crippen LogP contribution in [0.25, 0.3) is 16.6 Å². The van der Waals surface area contributed by atoms with Crippen molar-refractivity contribution in [3.8, 4) is 22.6 Å². The molecule has 1 aromatic carbocycles. The Morgan fingerprint density at radius 1 is 1.15 bits per heavy atom. The quantitative estimate of drug-likeness (QED) is 0.311. The molecule has 0 aliphatic heterocycles. The lowest BCUT2D eigenvalue weighted by Crippen LogP contribution is -2.28. The van der Waals surface area contributed by atoms with Crippen LogP contribution in [0, 0.1) is 22.9 Å². The minimum Gasteiger partial charge on any atom is -0.452 e. The molecule has 3 heterocycles. The predicted molar refractivity (Wildman–Crippen MR) is 116 cm³/mol. The highest BCUT2D eigenvalue weighted by molar-refractivity contribution is 5.77. The summed E-state index contributed by atoms with van der Waals surface area (Å²) in [5.41, 5.74) is 1.24. The van der Waals surface area contributed by atoms with E-state index in [4.69, 9.17) is 9.47 Å². The molecule has 0 amide bonds. The molecule has 0 atom stereocenters. The molecule has 11 heteroatoms. The van der Waals surface area contributed by atoms with Gasteiger partial charge in [-0.2, -0.15) is 14.9 Å². The Balaban J connectivity index is 1.74. The summed E-state index contributed by atoms with van der Waals surface area (Å²) in [4.78, 5) is 22.6. The predicted octanol–water partition coefficient (Wildman–Crippen LogP) is 5.13. The van der Waals surface area contributed by atoms with Gasteiger partial charge in [0.05, 0.1) is 29.1 Å². The minimum absolute atomic E-state index is 0.179. The summed E-state index contributed by atoms with van der Waals surface area (Å²) in [6.45, 7) is 7.00. The fraction of sp³-hybridized carbons (Fsp3) is 0.227. The van der Waals surface area contributed by atoms with E-state index in [0.29, 0.717) is 22.3 Å². The van der Waals surface area contributed by atoms with Gasteiger partial charge < -0.3 is 9.47 Å². The number of rotatable bonds is 4. The van der Waals surface area contributed by atoms with E-state index in [-0.39, 0.29) is 17.2 Å². The Hall–Kier alpha value is -4.28. The average molecular weight is 453 g/mol. The van der Waals surface area contributed by atoms with Crippen LogP contribution in [0.3, 0.4) is 0 Å². The van der Waals surface area contributed by atoms with E-state index in [0.717, 1.165) is 16.8 Å². The van der Waals surface area contributed by atoms with Crippen molar-refractivity contribution in [3.63, 3.8) is 0 Å². The van der Waals surface area contributed by atoms with Crippen LogP contribution in [0.15, 0.2) is 48.9 Å². The molecule has 0 bridgehead atoms. The maximum atomic E-state index is 14.4. The number of nitro groups is 1. The smallest absolute Gasteiger partial charge is 0.435 e. The number of aromatic nitrogens is 4. The standard InChI is InChI=1S/C22H20FN5O5/c1-13-16(11-25-27(13)21(29)33-22(2,3)4)14-9-20(18-7-8-24-26(18)12-14)32-19-6-5-15(28(30)31)10-17(19)23/h5-12H,1-4H3. The van der Waals surface area contributed by atoms with Gasteiger partial charge in [-0.15, -0.1) is 0 Å². The molecule has 0 aliphatic carbocycles. The fourth-order valence-electron chi connectivity index (χ4n) is 3.21. The van der Waals surface area contributed by atoms with E-state index < -0.39 is 22.4 Å². The molecule has 170 valence electrons. The van der Waals surface area contributed by atoms with E-state index in [1.165, 1.54) is 16.8 Å². The molecule has 0 saturated heterocycles. The topological polar surface area (TPSA) is 114 Å². The van der Waals surface area contributed by atoms with Gasteiger partial charge in [-0.3, -0.25) is 10.1 Å². The van der Waals surface area contributed by atoms with Crippen LogP contribution >= 0.6 is 0 Å². The highest BCUT2D eigenvalue weighted by Gasteiger charge is 2.22. The first-order valence-corrected chi connectivity index (χ1v) is 9.91. The summed E-state index contributed by atoms with van der Waals surface area (Å²) in [5.74, 6) is -0.787. The van der Waals surface area contributed by atoms with Crippen LogP contribution in [0.4, 0.5) is 14.9 Å². The van der Waals surface area contributed by atoms with Gasteiger partial charge in [0.2, 0.25) is 0 Å². The SMILES string of the molecule is Cc1c(-c2cc(Oc3ccc([N+](=O)[O-])cc3F)c3ccnn3c2)cnn1C(=O)OC(C)(C)C. The number of nitrogens with zero attached hydrogens (tertiary/aromatic N) is 5. The summed E-state index contributed by atoms with van der Waals surface area (Å²) in [6, 6.07) is 6.48. The number of carbonyl (C=O) groups excluding carboxylic acids is 1. The second-order valence-corrected chi connectivity index (χ2v) is 8.26. The van der Waals surface area contributed by atoms with Crippen LogP contribution in [0.2, 0.25) is 0 Å². The first kappa shape index (κ1) is 21.9. The van der Waals surface area contributed by atoms with Crippen molar-refractivity contribution < 1.29 is 23.6 Å². The second kappa shape index (κ2) is 8.01. The minimum atomic E-state index is -0.874. The van der Waals surface area contributed by atoms with Gasteiger partial charge in [-0.1, -0.05) is 0 Å². The van der Waals surface area contributed by atoms with Crippen molar-refractivity contribution in [2.24, 2.45) is 0 Å². The van der Waals surface area contributed by atoms with E-state index >= 15 is 0 Å². The highest BCUT2D eigenvalue weighted by atomic mass is 19.1. The Kier molecular flexibility index (Phi) is 5.32. The second-order valence-electron chi connectivity index (χ2n) is 8.26. The molecule has 0 fully saturated rings. The average Bonchev–Trinajstić information content (AvgIpc) is 3.34. The summed E-state index contributed by atoms with van der Waals surface area (Å²) in [7, 11) is 0. The van der Waals surface area contributed by atoms with E-state index in [9.17, 15) is 19.3 Å². The molecule has 0 aliphatic rings. The summed E-state index contributed by atoms with van der Waals surface area (Å²) < 4.78 is 28.3. The lowest BCUT2D eigenvalue weighted by Gasteiger charge is -2.19. The number of hydrogen-bond donors (Lipinski definition) is 0. The molecule has 0 N–H and O–H groups in total. The number of non-ortho nitro benzene ring substituents is 1. The van der Waals surface area contributed by atoms with Crippen LogP contribution in [0.1, 0.15) is 26.5 Å². The largest absolute Gasteiger partial charge is 0.452 e. The zero-order valence-corrected chi connectivity index (χ0v) is 18.3. The molecule has 10 nitrogen and oxygen atoms in total. The molecule has 0 radical (unpaired) electrons. The number of hydrogen-bond acceptors (Lipinski definition) is 7. The summed E-state index contributed by atoms with van der Waals surface area (Å²) >= 11 is 0. The number of nitro benzene ring substituents is 1. The van der Waals surface area contributed by atoms with Crippen LogP contribution in [-0.4, -0.2) is 36.0 Å². The third kappa shape index (κ3) is 4.38. The molecule has 0 saturated carbocycles. The molecule has 0 unspecified atom stereocenters. The van der Waals surface area contributed by atoms with Crippen LogP contribution in [0.5, 0.6) is 11.5 Å². The lowest BCUT2D eigenvalue weighted by molar-refractivity contribution is -0.385. The van der Waals surface area contributed by atoms with Gasteiger partial charge in [-0.25, -0.2) is 13.7 Å². The number of halogens is 1. The molecule has 0 spiro atoms. The highest BCUT2D eigenvalue weighted by Crippen LogP contribution is 2.34. The van der Waals surface area contributed by atoms with Gasteiger partial charge in [-0.05, 0) is 45.9 Å². The maximum Gasteiger partial charge on any atom is 0.435 e. The maximum absolute atomic E-state index is 14.4. The van der Waals surface area contributed by atoms with Crippen molar-refractivity contribution in [2.45, 2.75) is 33.3 Å². The number of carbonyl (C=O) groups is 1.